The molecule has 9 nitrogen and oxygen atoms in total. The molecule has 0 unspecified atom stereocenters. The minimum Gasteiger partial charge on any atom is -0.486 e. The number of ether oxygens (including phenoxy) is 2. The zero-order chi connectivity index (χ0) is 25.1. The molecule has 0 aliphatic carbocycles. The molecule has 1 aliphatic heterocycles. The molecule has 4 aromatic rings. The highest BCUT2D eigenvalue weighted by molar-refractivity contribution is 7.99. The number of nitrogens with one attached hydrogen (secondary N) is 2. The van der Waals surface area contributed by atoms with Crippen molar-refractivity contribution in [1.82, 2.24) is 14.9 Å². The Balaban J connectivity index is 1.32. The third-order valence-corrected chi connectivity index (χ3v) is 6.16. The number of anilines is 1. The number of benzene rings is 3. The summed E-state index contributed by atoms with van der Waals surface area (Å²) >= 11 is 0.911. The van der Waals surface area contributed by atoms with Crippen molar-refractivity contribution in [2.45, 2.75) is 5.16 Å². The van der Waals surface area contributed by atoms with E-state index in [0.29, 0.717) is 41.3 Å². The Morgan fingerprint density at radius 2 is 1.75 bits per heavy atom. The van der Waals surface area contributed by atoms with Crippen molar-refractivity contribution in [2.24, 2.45) is 0 Å². The number of imide groups is 1. The van der Waals surface area contributed by atoms with Crippen molar-refractivity contribution in [1.29, 1.82) is 0 Å². The van der Waals surface area contributed by atoms with Crippen molar-refractivity contribution < 1.29 is 23.5 Å². The Morgan fingerprint density at radius 3 is 2.58 bits per heavy atom. The largest absolute Gasteiger partial charge is 0.486 e. The number of amides is 3. The summed E-state index contributed by atoms with van der Waals surface area (Å²) in [6.07, 6.45) is 0. The van der Waals surface area contributed by atoms with E-state index in [1.807, 2.05) is 0 Å². The van der Waals surface area contributed by atoms with Crippen molar-refractivity contribution in [3.8, 4) is 17.2 Å². The number of urea groups is 1. The monoisotopic (exact) mass is 506 g/mol. The van der Waals surface area contributed by atoms with E-state index in [9.17, 15) is 18.8 Å². The molecule has 0 fully saturated rings. The van der Waals surface area contributed by atoms with Gasteiger partial charge in [0.25, 0.3) is 5.56 Å². The van der Waals surface area contributed by atoms with Crippen LogP contribution in [0.15, 0.2) is 76.7 Å². The lowest BCUT2D eigenvalue weighted by Gasteiger charge is -2.19. The van der Waals surface area contributed by atoms with Gasteiger partial charge in [0.1, 0.15) is 19.0 Å². The Bertz CT molecular complexity index is 1540. The standard InChI is InChI=1S/C25H19FN4O5S/c26-17-6-2-4-8-19(17)30-23(32)16-5-1-3-7-18(16)28-25(30)36-14-22(31)29-24(33)27-15-9-10-20-21(13-15)35-12-11-34-20/h1-10,13H,11-12,14H2,(H2,27,29,31,33). The Morgan fingerprint density at radius 1 is 1.00 bits per heavy atom. The normalized spacial score (nSPS) is 12.2. The van der Waals surface area contributed by atoms with Crippen LogP contribution in [-0.2, 0) is 4.79 Å². The number of hydrogen-bond donors (Lipinski definition) is 2. The molecular formula is C25H19FN4O5S. The first kappa shape index (κ1) is 23.4. The van der Waals surface area contributed by atoms with Crippen LogP contribution in [0.5, 0.6) is 11.5 Å². The van der Waals surface area contributed by atoms with Gasteiger partial charge in [0, 0.05) is 11.8 Å². The number of halogens is 1. The molecule has 0 saturated heterocycles. The maximum Gasteiger partial charge on any atom is 0.325 e. The molecule has 1 aromatic heterocycles. The lowest BCUT2D eigenvalue weighted by Crippen LogP contribution is -2.35. The molecule has 5 rings (SSSR count). The maximum absolute atomic E-state index is 14.6. The van der Waals surface area contributed by atoms with Gasteiger partial charge in [-0.3, -0.25) is 19.5 Å². The van der Waals surface area contributed by atoms with Gasteiger partial charge in [-0.1, -0.05) is 36.0 Å². The van der Waals surface area contributed by atoms with Gasteiger partial charge in [-0.25, -0.2) is 14.2 Å². The number of fused-ring (bicyclic) bond motifs is 2. The van der Waals surface area contributed by atoms with Gasteiger partial charge in [0.15, 0.2) is 16.7 Å². The fourth-order valence-electron chi connectivity index (χ4n) is 3.63. The number of para-hydroxylation sites is 2. The summed E-state index contributed by atoms with van der Waals surface area (Å²) in [6.45, 7) is 0.850. The molecule has 3 aromatic carbocycles. The van der Waals surface area contributed by atoms with Crippen LogP contribution in [-0.4, -0.2) is 40.5 Å². The highest BCUT2D eigenvalue weighted by atomic mass is 32.2. The van der Waals surface area contributed by atoms with Crippen LogP contribution in [0.4, 0.5) is 14.9 Å². The average molecular weight is 507 g/mol. The molecule has 0 bridgehead atoms. The van der Waals surface area contributed by atoms with E-state index in [1.165, 1.54) is 18.2 Å². The highest BCUT2D eigenvalue weighted by Gasteiger charge is 2.18. The smallest absolute Gasteiger partial charge is 0.325 e. The van der Waals surface area contributed by atoms with Crippen LogP contribution in [0.3, 0.4) is 0 Å². The quantitative estimate of drug-likeness (QED) is 0.313. The summed E-state index contributed by atoms with van der Waals surface area (Å²) in [5.74, 6) is -0.412. The molecule has 36 heavy (non-hydrogen) atoms. The predicted molar refractivity (Wildman–Crippen MR) is 133 cm³/mol. The van der Waals surface area contributed by atoms with E-state index in [-0.39, 0.29) is 16.6 Å². The third kappa shape index (κ3) is 4.86. The van der Waals surface area contributed by atoms with Gasteiger partial charge in [0.05, 0.1) is 22.3 Å². The molecule has 0 atom stereocenters. The second-order valence-electron chi connectivity index (χ2n) is 7.65. The van der Waals surface area contributed by atoms with Crippen LogP contribution >= 0.6 is 11.8 Å². The number of carbonyl (C=O) groups excluding carboxylic acids is 2. The average Bonchev–Trinajstić information content (AvgIpc) is 2.88. The predicted octanol–water partition coefficient (Wildman–Crippen LogP) is 3.74. The van der Waals surface area contributed by atoms with Crippen LogP contribution < -0.4 is 25.7 Å². The van der Waals surface area contributed by atoms with Crippen molar-refractivity contribution in [3.63, 3.8) is 0 Å². The SMILES string of the molecule is O=C(CSc1nc2ccccc2c(=O)n1-c1ccccc1F)NC(=O)Nc1ccc2c(c1)OCCO2. The first-order valence-corrected chi connectivity index (χ1v) is 11.9. The Labute approximate surface area is 208 Å². The molecule has 182 valence electrons. The fraction of sp³-hybridized carbons (Fsp3) is 0.120. The second kappa shape index (κ2) is 10.1. The minimum absolute atomic E-state index is 0.0139. The lowest BCUT2D eigenvalue weighted by molar-refractivity contribution is -0.117. The van der Waals surface area contributed by atoms with Gasteiger partial charge in [-0.2, -0.15) is 0 Å². The molecule has 1 aliphatic rings. The number of thioether (sulfide) groups is 1. The zero-order valence-corrected chi connectivity index (χ0v) is 19.5. The van der Waals surface area contributed by atoms with Gasteiger partial charge < -0.3 is 14.8 Å². The topological polar surface area (TPSA) is 112 Å². The summed E-state index contributed by atoms with van der Waals surface area (Å²) in [6, 6.07) is 16.6. The summed E-state index contributed by atoms with van der Waals surface area (Å²) in [7, 11) is 0. The van der Waals surface area contributed by atoms with E-state index >= 15 is 0 Å². The van der Waals surface area contributed by atoms with Crippen LogP contribution in [0.1, 0.15) is 0 Å². The van der Waals surface area contributed by atoms with Crippen LogP contribution in [0, 0.1) is 5.82 Å². The summed E-state index contributed by atoms with van der Waals surface area (Å²) in [5, 5.41) is 5.22. The van der Waals surface area contributed by atoms with Gasteiger partial charge in [-0.15, -0.1) is 0 Å². The Hall–Kier alpha value is -4.38. The molecular weight excluding hydrogens is 487 g/mol. The van der Waals surface area contributed by atoms with E-state index < -0.39 is 23.3 Å². The van der Waals surface area contributed by atoms with Gasteiger partial charge >= 0.3 is 6.03 Å². The van der Waals surface area contributed by atoms with Crippen molar-refractivity contribution in [2.75, 3.05) is 24.3 Å². The maximum atomic E-state index is 14.6. The number of carbonyl (C=O) groups is 2. The molecule has 11 heteroatoms. The van der Waals surface area contributed by atoms with E-state index in [1.54, 1.807) is 48.5 Å². The van der Waals surface area contributed by atoms with Crippen LogP contribution in [0.25, 0.3) is 16.6 Å². The number of aromatic nitrogens is 2. The Kier molecular flexibility index (Phi) is 6.54. The van der Waals surface area contributed by atoms with Crippen molar-refractivity contribution >= 4 is 40.3 Å². The molecule has 0 spiro atoms. The first-order chi connectivity index (χ1) is 17.5. The van der Waals surface area contributed by atoms with Crippen molar-refractivity contribution in [3.05, 3.63) is 82.9 Å². The summed E-state index contributed by atoms with van der Waals surface area (Å²) < 4.78 is 26.6. The van der Waals surface area contributed by atoms with Gasteiger partial charge in [-0.05, 0) is 36.4 Å². The second-order valence-corrected chi connectivity index (χ2v) is 8.60. The molecule has 2 heterocycles. The lowest BCUT2D eigenvalue weighted by atomic mass is 10.2. The molecule has 0 saturated carbocycles. The minimum atomic E-state index is -0.741. The molecule has 0 radical (unpaired) electrons. The number of rotatable bonds is 5. The van der Waals surface area contributed by atoms with Gasteiger partial charge in [0.2, 0.25) is 5.91 Å². The van der Waals surface area contributed by atoms with Crippen LogP contribution in [0.2, 0.25) is 0 Å². The van der Waals surface area contributed by atoms with E-state index in [2.05, 4.69) is 15.6 Å². The third-order valence-electron chi connectivity index (χ3n) is 5.22. The molecule has 2 N–H and O–H groups in total. The summed E-state index contributed by atoms with van der Waals surface area (Å²) in [5.41, 5.74) is 0.376. The number of hydrogen-bond acceptors (Lipinski definition) is 7. The fourth-order valence-corrected chi connectivity index (χ4v) is 4.44. The number of nitrogens with zero attached hydrogens (tertiary/aromatic N) is 2. The van der Waals surface area contributed by atoms with E-state index in [4.69, 9.17) is 9.47 Å². The zero-order valence-electron chi connectivity index (χ0n) is 18.7. The first-order valence-electron chi connectivity index (χ1n) is 10.9. The van der Waals surface area contributed by atoms with E-state index in [0.717, 1.165) is 16.3 Å². The summed E-state index contributed by atoms with van der Waals surface area (Å²) in [4.78, 5) is 42.5. The highest BCUT2D eigenvalue weighted by Crippen LogP contribution is 2.32. The molecule has 3 amide bonds.